The highest BCUT2D eigenvalue weighted by Gasteiger charge is 2.40. The summed E-state index contributed by atoms with van der Waals surface area (Å²) in [4.78, 5) is 4.51. The fourth-order valence-electron chi connectivity index (χ4n) is 2.27. The van der Waals surface area contributed by atoms with Gasteiger partial charge >= 0.3 is 0 Å². The van der Waals surface area contributed by atoms with Gasteiger partial charge in [0.1, 0.15) is 0 Å². The zero-order chi connectivity index (χ0) is 14.3. The quantitative estimate of drug-likeness (QED) is 0.890. The molecule has 5 nitrogen and oxygen atoms in total. The van der Waals surface area contributed by atoms with Crippen LogP contribution in [-0.4, -0.2) is 22.9 Å². The van der Waals surface area contributed by atoms with Gasteiger partial charge in [-0.2, -0.15) is 4.98 Å². The van der Waals surface area contributed by atoms with Crippen molar-refractivity contribution in [1.82, 2.24) is 10.1 Å². The van der Waals surface area contributed by atoms with Gasteiger partial charge < -0.3 is 15.0 Å². The van der Waals surface area contributed by atoms with E-state index in [2.05, 4.69) is 24.0 Å². The van der Waals surface area contributed by atoms with Crippen LogP contribution in [0.2, 0.25) is 0 Å². The molecule has 1 aromatic rings. The number of rotatable bonds is 2. The molecular weight excluding hydrogens is 242 g/mol. The second-order valence-corrected chi connectivity index (χ2v) is 6.94. The summed E-state index contributed by atoms with van der Waals surface area (Å²) in [6, 6.07) is 0. The highest BCUT2D eigenvalue weighted by molar-refractivity contribution is 5.09. The minimum atomic E-state index is -0.528. The Balaban J connectivity index is 2.22. The first-order valence-electron chi connectivity index (χ1n) is 6.97. The summed E-state index contributed by atoms with van der Waals surface area (Å²) in [5, 5.41) is 4.11. The van der Waals surface area contributed by atoms with Gasteiger partial charge in [-0.05, 0) is 18.8 Å². The van der Waals surface area contributed by atoms with Gasteiger partial charge in [0.25, 0.3) is 0 Å². The summed E-state index contributed by atoms with van der Waals surface area (Å²) >= 11 is 0. The SMILES string of the molecule is CC(C)C1CC(N)(c2noc(C(C)(C)C)n2)CCO1. The lowest BCUT2D eigenvalue weighted by Crippen LogP contribution is -2.47. The van der Waals surface area contributed by atoms with Crippen LogP contribution < -0.4 is 5.73 Å². The van der Waals surface area contributed by atoms with Crippen molar-refractivity contribution in [1.29, 1.82) is 0 Å². The lowest BCUT2D eigenvalue weighted by atomic mass is 9.83. The molecule has 1 aliphatic heterocycles. The molecule has 0 radical (unpaired) electrons. The number of ether oxygens (including phenoxy) is 1. The molecule has 1 aromatic heterocycles. The summed E-state index contributed by atoms with van der Waals surface area (Å²) in [6.45, 7) is 11.1. The number of hydrogen-bond donors (Lipinski definition) is 1. The van der Waals surface area contributed by atoms with Gasteiger partial charge in [-0.15, -0.1) is 0 Å². The van der Waals surface area contributed by atoms with Gasteiger partial charge in [-0.1, -0.05) is 39.8 Å². The van der Waals surface area contributed by atoms with Crippen molar-refractivity contribution in [3.63, 3.8) is 0 Å². The Kier molecular flexibility index (Phi) is 3.71. The van der Waals surface area contributed by atoms with Crippen molar-refractivity contribution in [3.05, 3.63) is 11.7 Å². The summed E-state index contributed by atoms with van der Waals surface area (Å²) in [5.41, 5.74) is 5.82. The molecule has 2 N–H and O–H groups in total. The lowest BCUT2D eigenvalue weighted by molar-refractivity contribution is -0.0460. The number of nitrogens with two attached hydrogens (primary N) is 1. The second kappa shape index (κ2) is 4.87. The fourth-order valence-corrected chi connectivity index (χ4v) is 2.27. The Morgan fingerprint density at radius 2 is 2.05 bits per heavy atom. The zero-order valence-corrected chi connectivity index (χ0v) is 12.6. The van der Waals surface area contributed by atoms with Crippen molar-refractivity contribution < 1.29 is 9.26 Å². The van der Waals surface area contributed by atoms with E-state index < -0.39 is 5.54 Å². The largest absolute Gasteiger partial charge is 0.378 e. The van der Waals surface area contributed by atoms with Crippen molar-refractivity contribution in [2.75, 3.05) is 6.61 Å². The van der Waals surface area contributed by atoms with E-state index in [1.54, 1.807) is 0 Å². The van der Waals surface area contributed by atoms with Crippen LogP contribution in [0.1, 0.15) is 59.2 Å². The Hall–Kier alpha value is -0.940. The number of aromatic nitrogens is 2. The summed E-state index contributed by atoms with van der Waals surface area (Å²) < 4.78 is 11.1. The smallest absolute Gasteiger partial charge is 0.232 e. The summed E-state index contributed by atoms with van der Waals surface area (Å²) in [7, 11) is 0. The molecule has 19 heavy (non-hydrogen) atoms. The van der Waals surface area contributed by atoms with Crippen LogP contribution in [0, 0.1) is 5.92 Å². The monoisotopic (exact) mass is 267 g/mol. The average Bonchev–Trinajstić information content (AvgIpc) is 2.78. The first-order chi connectivity index (χ1) is 8.72. The number of hydrogen-bond acceptors (Lipinski definition) is 5. The first-order valence-corrected chi connectivity index (χ1v) is 6.97. The molecule has 0 amide bonds. The molecule has 108 valence electrons. The van der Waals surface area contributed by atoms with Gasteiger partial charge in [0.15, 0.2) is 5.82 Å². The van der Waals surface area contributed by atoms with Crippen molar-refractivity contribution in [3.8, 4) is 0 Å². The Morgan fingerprint density at radius 1 is 1.37 bits per heavy atom. The topological polar surface area (TPSA) is 74.2 Å². The van der Waals surface area contributed by atoms with Crippen LogP contribution in [0.4, 0.5) is 0 Å². The van der Waals surface area contributed by atoms with Gasteiger partial charge in [-0.3, -0.25) is 0 Å². The minimum absolute atomic E-state index is 0.149. The summed E-state index contributed by atoms with van der Waals surface area (Å²) in [5.74, 6) is 1.70. The maximum Gasteiger partial charge on any atom is 0.232 e. The predicted molar refractivity (Wildman–Crippen MR) is 72.7 cm³/mol. The lowest BCUT2D eigenvalue weighted by Gasteiger charge is -2.37. The van der Waals surface area contributed by atoms with E-state index in [0.717, 1.165) is 12.8 Å². The average molecular weight is 267 g/mol. The molecule has 0 bridgehead atoms. The molecule has 1 saturated heterocycles. The Labute approximate surface area is 114 Å². The Morgan fingerprint density at radius 3 is 2.58 bits per heavy atom. The molecule has 0 saturated carbocycles. The van der Waals surface area contributed by atoms with Crippen molar-refractivity contribution in [2.45, 2.75) is 64.5 Å². The maximum absolute atomic E-state index is 6.50. The molecule has 0 aliphatic carbocycles. The molecule has 2 atom stereocenters. The van der Waals surface area contributed by atoms with Crippen LogP contribution in [0.15, 0.2) is 4.52 Å². The fraction of sp³-hybridized carbons (Fsp3) is 0.857. The minimum Gasteiger partial charge on any atom is -0.378 e. The molecule has 5 heteroatoms. The van der Waals surface area contributed by atoms with E-state index in [0.29, 0.717) is 24.2 Å². The molecule has 0 aromatic carbocycles. The molecule has 2 rings (SSSR count). The second-order valence-electron chi connectivity index (χ2n) is 6.94. The number of nitrogens with zero attached hydrogens (tertiary/aromatic N) is 2. The van der Waals surface area contributed by atoms with Gasteiger partial charge in [0, 0.05) is 12.0 Å². The van der Waals surface area contributed by atoms with E-state index in [9.17, 15) is 0 Å². The Bertz CT molecular complexity index is 436. The molecule has 1 aliphatic rings. The molecule has 1 fully saturated rings. The predicted octanol–water partition coefficient (Wildman–Crippen LogP) is 2.36. The third-order valence-corrected chi connectivity index (χ3v) is 3.70. The first kappa shape index (κ1) is 14.5. The molecule has 2 unspecified atom stereocenters. The molecule has 0 spiro atoms. The maximum atomic E-state index is 6.50. The van der Waals surface area contributed by atoms with E-state index in [4.69, 9.17) is 15.0 Å². The van der Waals surface area contributed by atoms with Crippen LogP contribution >= 0.6 is 0 Å². The van der Waals surface area contributed by atoms with Crippen molar-refractivity contribution >= 4 is 0 Å². The van der Waals surface area contributed by atoms with Gasteiger partial charge in [-0.25, -0.2) is 0 Å². The highest BCUT2D eigenvalue weighted by atomic mass is 16.5. The standard InChI is InChI=1S/C14H25N3O2/c1-9(2)10-8-14(15,6-7-18-10)11-16-12(19-17-11)13(3,4)5/h9-10H,6-8,15H2,1-5H3. The van der Waals surface area contributed by atoms with Crippen LogP contribution in [0.3, 0.4) is 0 Å². The van der Waals surface area contributed by atoms with Crippen molar-refractivity contribution in [2.24, 2.45) is 11.7 Å². The van der Waals surface area contributed by atoms with E-state index in [1.165, 1.54) is 0 Å². The third kappa shape index (κ3) is 2.98. The van der Waals surface area contributed by atoms with E-state index in [1.807, 2.05) is 20.8 Å². The van der Waals surface area contributed by atoms with E-state index in [-0.39, 0.29) is 11.5 Å². The summed E-state index contributed by atoms with van der Waals surface area (Å²) in [6.07, 6.45) is 1.64. The zero-order valence-electron chi connectivity index (χ0n) is 12.6. The molecular formula is C14H25N3O2. The normalized spacial score (nSPS) is 28.9. The van der Waals surface area contributed by atoms with Crippen LogP contribution in [0.25, 0.3) is 0 Å². The van der Waals surface area contributed by atoms with E-state index >= 15 is 0 Å². The van der Waals surface area contributed by atoms with Gasteiger partial charge in [0.05, 0.1) is 11.6 Å². The van der Waals surface area contributed by atoms with Gasteiger partial charge in [0.2, 0.25) is 5.89 Å². The third-order valence-electron chi connectivity index (χ3n) is 3.70. The van der Waals surface area contributed by atoms with Crippen LogP contribution in [0.5, 0.6) is 0 Å². The molecule has 2 heterocycles. The highest BCUT2D eigenvalue weighted by Crippen LogP contribution is 2.34. The van der Waals surface area contributed by atoms with Crippen LogP contribution in [-0.2, 0) is 15.7 Å².